The Bertz CT molecular complexity index is 1110. The van der Waals surface area contributed by atoms with E-state index in [1.54, 1.807) is 6.20 Å². The molecule has 4 heteroatoms. The van der Waals surface area contributed by atoms with Crippen LogP contribution in [-0.2, 0) is 0 Å². The zero-order chi connectivity index (χ0) is 18.1. The Morgan fingerprint density at radius 3 is 2.54 bits per heavy atom. The lowest BCUT2D eigenvalue weighted by Gasteiger charge is -2.13. The van der Waals surface area contributed by atoms with Gasteiger partial charge in [0.25, 0.3) is 5.91 Å². The number of anilines is 1. The van der Waals surface area contributed by atoms with Gasteiger partial charge in [0, 0.05) is 22.7 Å². The van der Waals surface area contributed by atoms with Gasteiger partial charge < -0.3 is 5.32 Å². The lowest BCUT2D eigenvalue weighted by atomic mass is 10.0. The second-order valence-corrected chi connectivity index (χ2v) is 6.60. The average molecular weight is 341 g/mol. The molecule has 0 aliphatic carbocycles. The first kappa shape index (κ1) is 16.2. The van der Waals surface area contributed by atoms with E-state index in [0.717, 1.165) is 33.2 Å². The molecule has 0 aliphatic rings. The van der Waals surface area contributed by atoms with Crippen molar-refractivity contribution in [2.45, 2.75) is 19.8 Å². The van der Waals surface area contributed by atoms with Crippen molar-refractivity contribution in [2.24, 2.45) is 0 Å². The molecule has 26 heavy (non-hydrogen) atoms. The van der Waals surface area contributed by atoms with Crippen LogP contribution in [0.4, 0.5) is 5.69 Å². The quantitative estimate of drug-likeness (QED) is 0.560. The molecule has 0 saturated carbocycles. The van der Waals surface area contributed by atoms with Crippen LogP contribution >= 0.6 is 0 Å². The van der Waals surface area contributed by atoms with Crippen molar-refractivity contribution in [2.75, 3.05) is 5.32 Å². The molecule has 1 N–H and O–H groups in total. The Hall–Kier alpha value is -3.27. The lowest BCUT2D eigenvalue weighted by Crippen LogP contribution is -2.14. The molecular formula is C22H19N3O. The number of pyridine rings is 2. The number of rotatable bonds is 3. The number of nitrogens with zero attached hydrogens (tertiary/aromatic N) is 2. The predicted molar refractivity (Wildman–Crippen MR) is 106 cm³/mol. The maximum Gasteiger partial charge on any atom is 0.256 e. The van der Waals surface area contributed by atoms with Crippen molar-refractivity contribution in [3.8, 4) is 0 Å². The molecule has 0 aliphatic heterocycles. The number of hydrogen-bond acceptors (Lipinski definition) is 3. The fourth-order valence-electron chi connectivity index (χ4n) is 3.08. The number of para-hydroxylation sites is 1. The van der Waals surface area contributed by atoms with Crippen molar-refractivity contribution < 1.29 is 4.79 Å². The number of benzene rings is 2. The molecule has 2 aromatic carbocycles. The third kappa shape index (κ3) is 2.90. The zero-order valence-corrected chi connectivity index (χ0v) is 14.7. The maximum absolute atomic E-state index is 13.1. The summed E-state index contributed by atoms with van der Waals surface area (Å²) in [5, 5.41) is 4.83. The molecule has 0 radical (unpaired) electrons. The highest BCUT2D eigenvalue weighted by molar-refractivity contribution is 6.14. The maximum atomic E-state index is 13.1. The van der Waals surface area contributed by atoms with E-state index < -0.39 is 0 Å². The Morgan fingerprint density at radius 1 is 0.923 bits per heavy atom. The van der Waals surface area contributed by atoms with E-state index in [-0.39, 0.29) is 11.8 Å². The van der Waals surface area contributed by atoms with Gasteiger partial charge in [-0.3, -0.25) is 14.8 Å². The molecule has 4 aromatic rings. The smallest absolute Gasteiger partial charge is 0.256 e. The second kappa shape index (κ2) is 6.56. The van der Waals surface area contributed by atoms with Gasteiger partial charge >= 0.3 is 0 Å². The largest absolute Gasteiger partial charge is 0.321 e. The summed E-state index contributed by atoms with van der Waals surface area (Å²) in [6, 6.07) is 19.2. The highest BCUT2D eigenvalue weighted by Gasteiger charge is 2.15. The Balaban J connectivity index is 1.81. The summed E-state index contributed by atoms with van der Waals surface area (Å²) in [5.41, 5.74) is 4.00. The summed E-state index contributed by atoms with van der Waals surface area (Å²) in [4.78, 5) is 22.1. The number of nitrogens with one attached hydrogen (secondary N) is 1. The van der Waals surface area contributed by atoms with Gasteiger partial charge in [0.15, 0.2) is 0 Å². The van der Waals surface area contributed by atoms with E-state index in [9.17, 15) is 4.79 Å². The Morgan fingerprint density at radius 2 is 1.69 bits per heavy atom. The van der Waals surface area contributed by atoms with Crippen LogP contribution in [0, 0.1) is 0 Å². The van der Waals surface area contributed by atoms with Crippen LogP contribution < -0.4 is 5.32 Å². The van der Waals surface area contributed by atoms with E-state index in [0.29, 0.717) is 5.56 Å². The van der Waals surface area contributed by atoms with E-state index in [1.807, 2.05) is 60.7 Å². The van der Waals surface area contributed by atoms with E-state index in [1.165, 1.54) is 0 Å². The van der Waals surface area contributed by atoms with Crippen molar-refractivity contribution in [3.05, 3.63) is 78.1 Å². The minimum absolute atomic E-state index is 0.137. The minimum Gasteiger partial charge on any atom is -0.321 e. The Labute approximate surface area is 151 Å². The second-order valence-electron chi connectivity index (χ2n) is 6.60. The van der Waals surface area contributed by atoms with Gasteiger partial charge in [-0.25, -0.2) is 0 Å². The van der Waals surface area contributed by atoms with Gasteiger partial charge in [0.2, 0.25) is 0 Å². The van der Waals surface area contributed by atoms with Crippen molar-refractivity contribution in [1.29, 1.82) is 0 Å². The number of carbonyl (C=O) groups is 1. The fourth-order valence-corrected chi connectivity index (χ4v) is 3.08. The number of hydrogen-bond donors (Lipinski definition) is 1. The number of carbonyl (C=O) groups excluding carboxylic acids is 1. The molecule has 4 rings (SSSR count). The third-order valence-corrected chi connectivity index (χ3v) is 4.47. The molecule has 1 amide bonds. The first-order chi connectivity index (χ1) is 12.6. The molecule has 0 spiro atoms. The molecule has 0 bridgehead atoms. The SMILES string of the molecule is CC(C)c1cc(C(=O)Nc2cccc3ncccc23)c2ccccc2n1. The molecule has 0 saturated heterocycles. The van der Waals surface area contributed by atoms with Crippen LogP contribution in [0.1, 0.15) is 35.8 Å². The van der Waals surface area contributed by atoms with E-state index in [2.05, 4.69) is 29.1 Å². The number of amides is 1. The van der Waals surface area contributed by atoms with Crippen LogP contribution in [0.25, 0.3) is 21.8 Å². The van der Waals surface area contributed by atoms with Gasteiger partial charge in [-0.1, -0.05) is 38.1 Å². The normalized spacial score (nSPS) is 11.2. The lowest BCUT2D eigenvalue weighted by molar-refractivity contribution is 0.102. The fraction of sp³-hybridized carbons (Fsp3) is 0.136. The molecule has 2 heterocycles. The first-order valence-electron chi connectivity index (χ1n) is 8.68. The summed E-state index contributed by atoms with van der Waals surface area (Å²) in [6.45, 7) is 4.16. The van der Waals surface area contributed by atoms with Crippen LogP contribution in [0.2, 0.25) is 0 Å². The molecule has 0 fully saturated rings. The molecule has 128 valence electrons. The van der Waals surface area contributed by atoms with Gasteiger partial charge in [0.1, 0.15) is 0 Å². The number of fused-ring (bicyclic) bond motifs is 2. The number of aromatic nitrogens is 2. The summed E-state index contributed by atoms with van der Waals surface area (Å²) in [5.74, 6) is 0.106. The monoisotopic (exact) mass is 341 g/mol. The Kier molecular flexibility index (Phi) is 4.09. The molecular weight excluding hydrogens is 322 g/mol. The minimum atomic E-state index is -0.137. The predicted octanol–water partition coefficient (Wildman–Crippen LogP) is 5.16. The molecule has 2 aromatic heterocycles. The van der Waals surface area contributed by atoms with E-state index in [4.69, 9.17) is 0 Å². The van der Waals surface area contributed by atoms with Crippen LogP contribution in [0.5, 0.6) is 0 Å². The average Bonchev–Trinajstić information content (AvgIpc) is 2.67. The van der Waals surface area contributed by atoms with Gasteiger partial charge in [-0.2, -0.15) is 0 Å². The zero-order valence-electron chi connectivity index (χ0n) is 14.7. The van der Waals surface area contributed by atoms with Gasteiger partial charge in [0.05, 0.1) is 22.3 Å². The van der Waals surface area contributed by atoms with Crippen LogP contribution in [0.3, 0.4) is 0 Å². The molecule has 0 unspecified atom stereocenters. The summed E-state index contributed by atoms with van der Waals surface area (Å²) in [7, 11) is 0. The van der Waals surface area contributed by atoms with Crippen molar-refractivity contribution in [3.63, 3.8) is 0 Å². The molecule has 4 nitrogen and oxygen atoms in total. The third-order valence-electron chi connectivity index (χ3n) is 4.47. The highest BCUT2D eigenvalue weighted by Crippen LogP contribution is 2.25. The summed E-state index contributed by atoms with van der Waals surface area (Å²) in [6.07, 6.45) is 1.75. The standard InChI is InChI=1S/C22H19N3O/c1-14(2)21-13-17(15-7-3-4-9-19(15)24-21)22(26)25-20-11-5-10-18-16(20)8-6-12-23-18/h3-14H,1-2H3,(H,25,26). The summed E-state index contributed by atoms with van der Waals surface area (Å²) < 4.78 is 0. The summed E-state index contributed by atoms with van der Waals surface area (Å²) >= 11 is 0. The first-order valence-corrected chi connectivity index (χ1v) is 8.68. The topological polar surface area (TPSA) is 54.9 Å². The van der Waals surface area contributed by atoms with Crippen LogP contribution in [-0.4, -0.2) is 15.9 Å². The highest BCUT2D eigenvalue weighted by atomic mass is 16.1. The van der Waals surface area contributed by atoms with Crippen molar-refractivity contribution in [1.82, 2.24) is 9.97 Å². The molecule has 0 atom stereocenters. The van der Waals surface area contributed by atoms with Gasteiger partial charge in [-0.15, -0.1) is 0 Å². The van der Waals surface area contributed by atoms with Crippen LogP contribution in [0.15, 0.2) is 66.9 Å². The van der Waals surface area contributed by atoms with E-state index >= 15 is 0 Å². The van der Waals surface area contributed by atoms with Crippen molar-refractivity contribution >= 4 is 33.4 Å². The van der Waals surface area contributed by atoms with Gasteiger partial charge in [-0.05, 0) is 42.3 Å².